The van der Waals surface area contributed by atoms with Crippen molar-refractivity contribution in [1.29, 1.82) is 0 Å². The molecule has 2 nitrogen and oxygen atoms in total. The number of hydrogen-bond donors (Lipinski definition) is 1. The molecule has 108 valence electrons. The average Bonchev–Trinajstić information content (AvgIpc) is 2.36. The van der Waals surface area contributed by atoms with Crippen molar-refractivity contribution in [3.8, 4) is 0 Å². The average molecular weight is 283 g/mol. The van der Waals surface area contributed by atoms with Gasteiger partial charge in [0.15, 0.2) is 0 Å². The number of nitrogens with one attached hydrogen (secondary N) is 1. The molecule has 0 bridgehead atoms. The van der Waals surface area contributed by atoms with Crippen LogP contribution in [0.25, 0.3) is 0 Å². The Bertz CT molecular complexity index is 371. The summed E-state index contributed by atoms with van der Waals surface area (Å²) < 4.78 is 0. The highest BCUT2D eigenvalue weighted by Crippen LogP contribution is 2.25. The molecule has 0 fully saturated rings. The Morgan fingerprint density at radius 2 is 1.79 bits per heavy atom. The van der Waals surface area contributed by atoms with E-state index in [1.165, 1.54) is 24.1 Å². The van der Waals surface area contributed by atoms with Gasteiger partial charge in [0.1, 0.15) is 0 Å². The summed E-state index contributed by atoms with van der Waals surface area (Å²) in [5.74, 6) is 0. The third-order valence-corrected chi connectivity index (χ3v) is 3.31. The summed E-state index contributed by atoms with van der Waals surface area (Å²) in [6.45, 7) is 11.9. The third kappa shape index (κ3) is 5.42. The molecule has 0 saturated carbocycles. The van der Waals surface area contributed by atoms with Gasteiger partial charge in [0.05, 0.1) is 0 Å². The molecule has 0 aliphatic carbocycles. The topological polar surface area (TPSA) is 15.3 Å². The summed E-state index contributed by atoms with van der Waals surface area (Å²) in [7, 11) is 0. The Kier molecular flexibility index (Phi) is 7.25. The van der Waals surface area contributed by atoms with E-state index in [-0.39, 0.29) is 0 Å². The maximum atomic E-state index is 6.14. The van der Waals surface area contributed by atoms with Gasteiger partial charge >= 0.3 is 0 Å². The monoisotopic (exact) mass is 282 g/mol. The van der Waals surface area contributed by atoms with E-state index < -0.39 is 0 Å². The van der Waals surface area contributed by atoms with Crippen molar-refractivity contribution >= 4 is 17.3 Å². The van der Waals surface area contributed by atoms with E-state index in [4.69, 9.17) is 11.6 Å². The summed E-state index contributed by atoms with van der Waals surface area (Å²) in [5, 5.41) is 4.30. The van der Waals surface area contributed by atoms with Crippen LogP contribution in [0.5, 0.6) is 0 Å². The van der Waals surface area contributed by atoms with E-state index in [2.05, 4.69) is 50.0 Å². The molecule has 1 rings (SSSR count). The van der Waals surface area contributed by atoms with Crippen molar-refractivity contribution in [2.24, 2.45) is 0 Å². The highest BCUT2D eigenvalue weighted by atomic mass is 35.5. The number of rotatable bonds is 8. The number of anilines is 1. The van der Waals surface area contributed by atoms with Crippen LogP contribution in [0.4, 0.5) is 5.69 Å². The minimum Gasteiger partial charge on any atom is -0.371 e. The van der Waals surface area contributed by atoms with Crippen LogP contribution in [0.3, 0.4) is 0 Å². The fourth-order valence-corrected chi connectivity index (χ4v) is 2.41. The predicted molar refractivity (Wildman–Crippen MR) is 86.2 cm³/mol. The van der Waals surface area contributed by atoms with Crippen LogP contribution in [-0.2, 0) is 6.54 Å². The lowest BCUT2D eigenvalue weighted by Crippen LogP contribution is -2.28. The number of benzene rings is 1. The van der Waals surface area contributed by atoms with Gasteiger partial charge in [-0.1, -0.05) is 39.3 Å². The fraction of sp³-hybridized carbons (Fsp3) is 0.625. The Morgan fingerprint density at radius 3 is 2.32 bits per heavy atom. The largest absolute Gasteiger partial charge is 0.371 e. The molecule has 1 aromatic carbocycles. The maximum absolute atomic E-state index is 6.14. The Balaban J connectivity index is 2.95. The quantitative estimate of drug-likeness (QED) is 0.757. The van der Waals surface area contributed by atoms with Crippen molar-refractivity contribution in [1.82, 2.24) is 5.32 Å². The van der Waals surface area contributed by atoms with E-state index in [0.717, 1.165) is 24.7 Å². The van der Waals surface area contributed by atoms with Gasteiger partial charge in [0, 0.05) is 36.4 Å². The minimum absolute atomic E-state index is 0.484. The van der Waals surface area contributed by atoms with Gasteiger partial charge in [-0.05, 0) is 36.6 Å². The molecule has 0 atom stereocenters. The van der Waals surface area contributed by atoms with Crippen molar-refractivity contribution in [3.05, 3.63) is 28.8 Å². The van der Waals surface area contributed by atoms with E-state index in [9.17, 15) is 0 Å². The minimum atomic E-state index is 0.484. The zero-order valence-electron chi connectivity index (χ0n) is 12.7. The molecule has 0 amide bonds. The van der Waals surface area contributed by atoms with Crippen molar-refractivity contribution < 1.29 is 0 Å². The Labute approximate surface area is 123 Å². The van der Waals surface area contributed by atoms with Gasteiger partial charge in [0.25, 0.3) is 0 Å². The fourth-order valence-electron chi connectivity index (χ4n) is 2.21. The summed E-state index contributed by atoms with van der Waals surface area (Å²) >= 11 is 6.14. The first-order valence-electron chi connectivity index (χ1n) is 7.35. The highest BCUT2D eigenvalue weighted by molar-refractivity contribution is 6.30. The van der Waals surface area contributed by atoms with E-state index >= 15 is 0 Å². The lowest BCUT2D eigenvalue weighted by Gasteiger charge is -2.27. The summed E-state index contributed by atoms with van der Waals surface area (Å²) in [5.41, 5.74) is 2.62. The predicted octanol–water partition coefficient (Wildman–Crippen LogP) is 4.46. The molecular formula is C16H27ClN2. The molecule has 0 aromatic heterocycles. The van der Waals surface area contributed by atoms with Crippen LogP contribution < -0.4 is 10.2 Å². The van der Waals surface area contributed by atoms with Crippen molar-refractivity contribution in [2.75, 3.05) is 18.0 Å². The van der Waals surface area contributed by atoms with Gasteiger partial charge in [-0.2, -0.15) is 0 Å². The third-order valence-electron chi connectivity index (χ3n) is 3.07. The summed E-state index contributed by atoms with van der Waals surface area (Å²) in [6, 6.07) is 6.72. The first-order valence-corrected chi connectivity index (χ1v) is 7.73. The molecule has 3 heteroatoms. The van der Waals surface area contributed by atoms with E-state index in [0.29, 0.717) is 6.04 Å². The zero-order valence-corrected chi connectivity index (χ0v) is 13.4. The lowest BCUT2D eigenvalue weighted by atomic mass is 10.1. The first-order chi connectivity index (χ1) is 9.08. The Hall–Kier alpha value is -0.730. The van der Waals surface area contributed by atoms with Crippen LogP contribution in [-0.4, -0.2) is 19.1 Å². The van der Waals surface area contributed by atoms with Gasteiger partial charge < -0.3 is 10.2 Å². The molecule has 0 heterocycles. The lowest BCUT2D eigenvalue weighted by molar-refractivity contribution is 0.587. The molecule has 0 radical (unpaired) electrons. The summed E-state index contributed by atoms with van der Waals surface area (Å²) in [6.07, 6.45) is 2.33. The standard InChI is InChI=1S/C16H27ClN2/c1-5-9-19(10-6-2)16-8-7-15(17)11-14(16)12-18-13(3)4/h7-8,11,13,18H,5-6,9-10,12H2,1-4H3. The molecule has 19 heavy (non-hydrogen) atoms. The van der Waals surface area contributed by atoms with Gasteiger partial charge in [-0.3, -0.25) is 0 Å². The first kappa shape index (κ1) is 16.3. The second-order valence-electron chi connectivity index (χ2n) is 5.30. The van der Waals surface area contributed by atoms with Crippen LogP contribution in [0.15, 0.2) is 18.2 Å². The molecule has 0 aliphatic heterocycles. The van der Waals surface area contributed by atoms with Gasteiger partial charge in [0.2, 0.25) is 0 Å². The van der Waals surface area contributed by atoms with E-state index in [1.54, 1.807) is 0 Å². The molecular weight excluding hydrogens is 256 g/mol. The second-order valence-corrected chi connectivity index (χ2v) is 5.73. The van der Waals surface area contributed by atoms with Crippen LogP contribution >= 0.6 is 11.6 Å². The molecule has 0 aliphatic rings. The van der Waals surface area contributed by atoms with Crippen LogP contribution in [0, 0.1) is 0 Å². The number of nitrogens with zero attached hydrogens (tertiary/aromatic N) is 1. The molecule has 0 spiro atoms. The Morgan fingerprint density at radius 1 is 1.16 bits per heavy atom. The van der Waals surface area contributed by atoms with E-state index in [1.807, 2.05) is 6.07 Å². The molecule has 1 N–H and O–H groups in total. The van der Waals surface area contributed by atoms with Crippen LogP contribution in [0.2, 0.25) is 5.02 Å². The SMILES string of the molecule is CCCN(CCC)c1ccc(Cl)cc1CNC(C)C. The second kappa shape index (κ2) is 8.44. The van der Waals surface area contributed by atoms with Gasteiger partial charge in [-0.25, -0.2) is 0 Å². The van der Waals surface area contributed by atoms with Crippen molar-refractivity contribution in [3.63, 3.8) is 0 Å². The highest BCUT2D eigenvalue weighted by Gasteiger charge is 2.10. The van der Waals surface area contributed by atoms with Gasteiger partial charge in [-0.15, -0.1) is 0 Å². The number of hydrogen-bond acceptors (Lipinski definition) is 2. The molecule has 0 unspecified atom stereocenters. The zero-order chi connectivity index (χ0) is 14.3. The van der Waals surface area contributed by atoms with Crippen molar-refractivity contribution in [2.45, 2.75) is 53.1 Å². The van der Waals surface area contributed by atoms with Crippen LogP contribution in [0.1, 0.15) is 46.1 Å². The smallest absolute Gasteiger partial charge is 0.0412 e. The maximum Gasteiger partial charge on any atom is 0.0412 e. The number of halogens is 1. The normalized spacial score (nSPS) is 11.1. The summed E-state index contributed by atoms with van der Waals surface area (Å²) in [4.78, 5) is 2.47. The molecule has 1 aromatic rings. The molecule has 0 saturated heterocycles.